The molecule has 0 saturated carbocycles. The topological polar surface area (TPSA) is 132 Å². The molecule has 0 amide bonds. The lowest BCUT2D eigenvalue weighted by Gasteiger charge is -2.16. The molecule has 1 aromatic heterocycles. The van der Waals surface area contributed by atoms with Gasteiger partial charge >= 0.3 is 0 Å². The van der Waals surface area contributed by atoms with Gasteiger partial charge < -0.3 is 31.4 Å². The first kappa shape index (κ1) is 13.0. The summed E-state index contributed by atoms with van der Waals surface area (Å²) in [7, 11) is 0. The van der Waals surface area contributed by atoms with E-state index >= 15 is 0 Å². The highest BCUT2D eigenvalue weighted by atomic mass is 16.3. The Labute approximate surface area is 103 Å². The predicted molar refractivity (Wildman–Crippen MR) is 65.0 cm³/mol. The molecular formula is C11H17N3O4. The second-order valence-corrected chi connectivity index (χ2v) is 4.57. The van der Waals surface area contributed by atoms with E-state index in [0.717, 1.165) is 0 Å². The van der Waals surface area contributed by atoms with Crippen LogP contribution in [0.5, 0.6) is 0 Å². The Bertz CT molecular complexity index is 502. The number of pyridine rings is 1. The van der Waals surface area contributed by atoms with Gasteiger partial charge in [0.1, 0.15) is 11.9 Å². The van der Waals surface area contributed by atoms with Gasteiger partial charge in [0.2, 0.25) is 0 Å². The normalized spacial score (nSPS) is 31.8. The van der Waals surface area contributed by atoms with E-state index in [4.69, 9.17) is 10.8 Å². The summed E-state index contributed by atoms with van der Waals surface area (Å²) in [6.07, 6.45) is -2.26. The number of aryl methyl sites for hydroxylation is 1. The number of aromatic amines is 1. The molecule has 7 nitrogen and oxygen atoms in total. The van der Waals surface area contributed by atoms with Gasteiger partial charge in [0.25, 0.3) is 5.56 Å². The lowest BCUT2D eigenvalue weighted by Crippen LogP contribution is -2.36. The van der Waals surface area contributed by atoms with E-state index in [1.165, 1.54) is 0 Å². The maximum Gasteiger partial charge on any atom is 0.254 e. The number of nitrogen functional groups attached to an aromatic ring is 1. The molecule has 1 aliphatic heterocycles. The summed E-state index contributed by atoms with van der Waals surface area (Å²) in [4.78, 5) is 14.3. The summed E-state index contributed by atoms with van der Waals surface area (Å²) >= 11 is 0. The van der Waals surface area contributed by atoms with Crippen LogP contribution in [0.3, 0.4) is 0 Å². The SMILES string of the molecule is Cc1cc([C@@H]2N[C@H](CO)[C@@H](O)[C@H]2O)c(=O)[nH]c1N. The van der Waals surface area contributed by atoms with Crippen LogP contribution >= 0.6 is 0 Å². The van der Waals surface area contributed by atoms with Crippen molar-refractivity contribution in [3.8, 4) is 0 Å². The largest absolute Gasteiger partial charge is 0.395 e. The first-order chi connectivity index (χ1) is 8.45. The molecule has 4 atom stereocenters. The van der Waals surface area contributed by atoms with Gasteiger partial charge in [-0.05, 0) is 18.6 Å². The van der Waals surface area contributed by atoms with Crippen molar-refractivity contribution >= 4 is 5.82 Å². The third kappa shape index (κ3) is 2.01. The molecule has 0 aromatic carbocycles. The second-order valence-electron chi connectivity index (χ2n) is 4.57. The predicted octanol–water partition coefficient (Wildman–Crippen LogP) is -2.01. The molecule has 1 aliphatic rings. The zero-order chi connectivity index (χ0) is 13.4. The zero-order valence-corrected chi connectivity index (χ0v) is 9.92. The highest BCUT2D eigenvalue weighted by molar-refractivity contribution is 5.41. The van der Waals surface area contributed by atoms with Crippen LogP contribution in [0, 0.1) is 6.92 Å². The van der Waals surface area contributed by atoms with Crippen molar-refractivity contribution in [2.45, 2.75) is 31.2 Å². The van der Waals surface area contributed by atoms with Crippen LogP contribution in [-0.4, -0.2) is 45.2 Å². The Morgan fingerprint density at radius 1 is 1.39 bits per heavy atom. The van der Waals surface area contributed by atoms with Crippen molar-refractivity contribution in [3.63, 3.8) is 0 Å². The first-order valence-electron chi connectivity index (χ1n) is 5.68. The number of anilines is 1. The van der Waals surface area contributed by atoms with Crippen molar-refractivity contribution in [2.24, 2.45) is 0 Å². The third-order valence-electron chi connectivity index (χ3n) is 3.34. The fourth-order valence-electron chi connectivity index (χ4n) is 2.20. The van der Waals surface area contributed by atoms with Gasteiger partial charge in [-0.2, -0.15) is 0 Å². The second kappa shape index (κ2) is 4.69. The smallest absolute Gasteiger partial charge is 0.254 e. The number of H-pyrrole nitrogens is 1. The van der Waals surface area contributed by atoms with Crippen molar-refractivity contribution in [2.75, 3.05) is 12.3 Å². The summed E-state index contributed by atoms with van der Waals surface area (Å²) in [6.45, 7) is 1.41. The zero-order valence-electron chi connectivity index (χ0n) is 9.92. The van der Waals surface area contributed by atoms with Crippen LogP contribution in [0.2, 0.25) is 0 Å². The monoisotopic (exact) mass is 255 g/mol. The maximum atomic E-state index is 11.8. The van der Waals surface area contributed by atoms with Crippen LogP contribution in [0.25, 0.3) is 0 Å². The Hall–Kier alpha value is -1.41. The molecule has 0 bridgehead atoms. The number of aliphatic hydroxyl groups excluding tert-OH is 3. The number of rotatable bonds is 2. The number of hydrogen-bond donors (Lipinski definition) is 6. The summed E-state index contributed by atoms with van der Waals surface area (Å²) in [5, 5.41) is 31.5. The Morgan fingerprint density at radius 3 is 2.61 bits per heavy atom. The van der Waals surface area contributed by atoms with Gasteiger partial charge in [-0.1, -0.05) is 0 Å². The van der Waals surface area contributed by atoms with Crippen LogP contribution in [0.15, 0.2) is 10.9 Å². The average Bonchev–Trinajstić information content (AvgIpc) is 2.61. The number of nitrogens with two attached hydrogens (primary N) is 1. The van der Waals surface area contributed by atoms with E-state index < -0.39 is 29.9 Å². The molecule has 2 rings (SSSR count). The fraction of sp³-hybridized carbons (Fsp3) is 0.545. The summed E-state index contributed by atoms with van der Waals surface area (Å²) < 4.78 is 0. The van der Waals surface area contributed by atoms with E-state index in [1.54, 1.807) is 13.0 Å². The molecule has 7 N–H and O–H groups in total. The minimum atomic E-state index is -1.15. The highest BCUT2D eigenvalue weighted by Gasteiger charge is 2.42. The van der Waals surface area contributed by atoms with Crippen molar-refractivity contribution in [1.29, 1.82) is 0 Å². The van der Waals surface area contributed by atoms with E-state index in [2.05, 4.69) is 10.3 Å². The van der Waals surface area contributed by atoms with Crippen LogP contribution in [0.1, 0.15) is 17.2 Å². The van der Waals surface area contributed by atoms with Crippen molar-refractivity contribution in [1.82, 2.24) is 10.3 Å². The lowest BCUT2D eigenvalue weighted by molar-refractivity contribution is 0.0193. The molecular weight excluding hydrogens is 238 g/mol. The van der Waals surface area contributed by atoms with Gasteiger partial charge in [-0.15, -0.1) is 0 Å². The first-order valence-corrected chi connectivity index (χ1v) is 5.68. The molecule has 0 aliphatic carbocycles. The molecule has 100 valence electrons. The van der Waals surface area contributed by atoms with Crippen molar-refractivity contribution in [3.05, 3.63) is 27.5 Å². The standard InChI is InChI=1S/C11H17N3O4/c1-4-2-5(11(18)14-10(4)12)7-9(17)8(16)6(3-15)13-7/h2,6-9,13,15-17H,3H2,1H3,(H3,12,14,18)/t6-,7+,8-,9+/m1/s1. The van der Waals surface area contributed by atoms with Gasteiger partial charge in [0, 0.05) is 5.56 Å². The Kier molecular flexibility index (Phi) is 3.40. The molecule has 7 heteroatoms. The summed E-state index contributed by atoms with van der Waals surface area (Å²) in [5.41, 5.74) is 6.14. The number of nitrogens with one attached hydrogen (secondary N) is 2. The quantitative estimate of drug-likeness (QED) is 0.362. The molecule has 18 heavy (non-hydrogen) atoms. The highest BCUT2D eigenvalue weighted by Crippen LogP contribution is 2.26. The van der Waals surface area contributed by atoms with E-state index in [-0.39, 0.29) is 12.4 Å². The van der Waals surface area contributed by atoms with Gasteiger partial charge in [0.15, 0.2) is 0 Å². The van der Waals surface area contributed by atoms with Crippen LogP contribution in [0.4, 0.5) is 5.82 Å². The Balaban J connectivity index is 2.39. The molecule has 0 spiro atoms. The molecule has 0 radical (unpaired) electrons. The summed E-state index contributed by atoms with van der Waals surface area (Å²) in [6, 6.07) is 0.198. The minimum Gasteiger partial charge on any atom is -0.395 e. The van der Waals surface area contributed by atoms with Gasteiger partial charge in [0.05, 0.1) is 24.8 Å². The molecule has 0 unspecified atom stereocenters. The molecule has 1 fully saturated rings. The average molecular weight is 255 g/mol. The van der Waals surface area contributed by atoms with E-state index in [0.29, 0.717) is 11.1 Å². The van der Waals surface area contributed by atoms with Gasteiger partial charge in [-0.25, -0.2) is 0 Å². The van der Waals surface area contributed by atoms with Crippen molar-refractivity contribution < 1.29 is 15.3 Å². The lowest BCUT2D eigenvalue weighted by atomic mass is 10.0. The van der Waals surface area contributed by atoms with Gasteiger partial charge in [-0.3, -0.25) is 4.79 Å². The number of aliphatic hydroxyl groups is 3. The maximum absolute atomic E-state index is 11.8. The molecule has 1 aromatic rings. The Morgan fingerprint density at radius 2 is 2.06 bits per heavy atom. The number of aromatic nitrogens is 1. The van der Waals surface area contributed by atoms with E-state index in [9.17, 15) is 15.0 Å². The molecule has 1 saturated heterocycles. The minimum absolute atomic E-state index is 0.274. The molecule has 2 heterocycles. The third-order valence-corrected chi connectivity index (χ3v) is 3.34. The number of hydrogen-bond acceptors (Lipinski definition) is 6. The van der Waals surface area contributed by atoms with E-state index in [1.807, 2.05) is 0 Å². The summed E-state index contributed by atoms with van der Waals surface area (Å²) in [5.74, 6) is 0.274. The fourth-order valence-corrected chi connectivity index (χ4v) is 2.20. The van der Waals surface area contributed by atoms with Crippen LogP contribution in [-0.2, 0) is 0 Å². The van der Waals surface area contributed by atoms with Crippen LogP contribution < -0.4 is 16.6 Å².